The minimum Gasteiger partial charge on any atom is -0.359 e. The SMILES string of the molecule is CCCC(CCNC=O)N1Cc2ccccc2NC1=O.CN(CCc1ccncc1)Cc1c(CC(N)C=O)ccc2[nH]ncc12. The molecular weight excluding hydrogens is 568 g/mol. The Labute approximate surface area is 264 Å². The summed E-state index contributed by atoms with van der Waals surface area (Å²) < 4.78 is 0. The van der Waals surface area contributed by atoms with Gasteiger partial charge < -0.3 is 31.0 Å². The maximum atomic E-state index is 12.2. The largest absolute Gasteiger partial charge is 0.359 e. The molecule has 11 heteroatoms. The number of anilines is 1. The number of likely N-dealkylation sites (N-methyl/N-ethyl adjacent to an activating group) is 1. The summed E-state index contributed by atoms with van der Waals surface area (Å²) in [5, 5.41) is 13.9. The van der Waals surface area contributed by atoms with Crippen LogP contribution < -0.4 is 16.4 Å². The third-order valence-electron chi connectivity index (χ3n) is 8.05. The Kier molecular flexibility index (Phi) is 12.6. The second-order valence-corrected chi connectivity index (χ2v) is 11.4. The number of nitrogens with one attached hydrogen (secondary N) is 3. The van der Waals surface area contributed by atoms with Gasteiger partial charge in [0.2, 0.25) is 6.41 Å². The number of nitrogens with zero attached hydrogens (tertiary/aromatic N) is 4. The van der Waals surface area contributed by atoms with Gasteiger partial charge in [-0.15, -0.1) is 0 Å². The van der Waals surface area contributed by atoms with Gasteiger partial charge in [-0.25, -0.2) is 4.79 Å². The van der Waals surface area contributed by atoms with Gasteiger partial charge >= 0.3 is 6.03 Å². The molecule has 2 aromatic heterocycles. The lowest BCUT2D eigenvalue weighted by Crippen LogP contribution is -2.46. The van der Waals surface area contributed by atoms with E-state index in [0.29, 0.717) is 25.9 Å². The molecule has 45 heavy (non-hydrogen) atoms. The van der Waals surface area contributed by atoms with Crippen molar-refractivity contribution in [1.82, 2.24) is 30.3 Å². The van der Waals surface area contributed by atoms with Crippen LogP contribution in [0.3, 0.4) is 0 Å². The van der Waals surface area contributed by atoms with Crippen LogP contribution in [-0.4, -0.2) is 75.9 Å². The molecule has 0 bridgehead atoms. The van der Waals surface area contributed by atoms with Crippen LogP contribution in [0.25, 0.3) is 10.9 Å². The summed E-state index contributed by atoms with van der Waals surface area (Å²) in [5.41, 5.74) is 12.4. The average Bonchev–Trinajstić information content (AvgIpc) is 3.54. The van der Waals surface area contributed by atoms with Crippen LogP contribution in [0.5, 0.6) is 0 Å². The molecule has 4 aromatic rings. The zero-order valence-electron chi connectivity index (χ0n) is 26.1. The maximum absolute atomic E-state index is 12.2. The van der Waals surface area contributed by atoms with Crippen molar-refractivity contribution in [3.63, 3.8) is 0 Å². The van der Waals surface area contributed by atoms with E-state index in [1.54, 1.807) is 0 Å². The number of amides is 3. The third-order valence-corrected chi connectivity index (χ3v) is 8.05. The third kappa shape index (κ3) is 9.44. The molecule has 2 atom stereocenters. The summed E-state index contributed by atoms with van der Waals surface area (Å²) in [7, 11) is 2.10. The van der Waals surface area contributed by atoms with Gasteiger partial charge in [0.1, 0.15) is 6.29 Å². The number of para-hydroxylation sites is 1. The molecular formula is C34H44N8O3. The van der Waals surface area contributed by atoms with Gasteiger partial charge in [0.25, 0.3) is 0 Å². The van der Waals surface area contributed by atoms with Crippen molar-refractivity contribution in [1.29, 1.82) is 0 Å². The number of nitrogens with two attached hydrogens (primary N) is 1. The smallest absolute Gasteiger partial charge is 0.322 e. The maximum Gasteiger partial charge on any atom is 0.322 e. The lowest BCUT2D eigenvalue weighted by molar-refractivity contribution is -0.110. The Balaban J connectivity index is 0.000000210. The number of pyridine rings is 1. The number of benzene rings is 2. The van der Waals surface area contributed by atoms with Crippen molar-refractivity contribution < 1.29 is 14.4 Å². The monoisotopic (exact) mass is 612 g/mol. The molecule has 3 amide bonds. The van der Waals surface area contributed by atoms with Crippen LogP contribution in [-0.2, 0) is 35.5 Å². The van der Waals surface area contributed by atoms with Gasteiger partial charge in [0, 0.05) is 55.7 Å². The highest BCUT2D eigenvalue weighted by Gasteiger charge is 2.28. The number of carbonyl (C=O) groups excluding carboxylic acids is 3. The molecule has 2 unspecified atom stereocenters. The lowest BCUT2D eigenvalue weighted by Gasteiger charge is -2.36. The molecule has 5 N–H and O–H groups in total. The molecule has 0 spiro atoms. The van der Waals surface area contributed by atoms with Crippen LogP contribution in [0.1, 0.15) is 48.4 Å². The van der Waals surface area contributed by atoms with Crippen LogP contribution in [0, 0.1) is 0 Å². The van der Waals surface area contributed by atoms with E-state index < -0.39 is 6.04 Å². The quantitative estimate of drug-likeness (QED) is 0.117. The predicted octanol–water partition coefficient (Wildman–Crippen LogP) is 4.04. The number of urea groups is 1. The Hall–Kier alpha value is -4.61. The Morgan fingerprint density at radius 1 is 1.11 bits per heavy atom. The molecule has 0 radical (unpaired) electrons. The number of hydrogen-bond donors (Lipinski definition) is 4. The fourth-order valence-corrected chi connectivity index (χ4v) is 5.64. The van der Waals surface area contributed by atoms with Crippen LogP contribution in [0.15, 0.2) is 67.1 Å². The zero-order valence-corrected chi connectivity index (χ0v) is 26.1. The molecule has 0 aliphatic carbocycles. The van der Waals surface area contributed by atoms with Gasteiger partial charge in [-0.2, -0.15) is 5.10 Å². The van der Waals surface area contributed by atoms with Crippen LogP contribution in [0.4, 0.5) is 10.5 Å². The fraction of sp³-hybridized carbons (Fsp3) is 0.382. The van der Waals surface area contributed by atoms with Crippen molar-refractivity contribution in [2.24, 2.45) is 5.73 Å². The van der Waals surface area contributed by atoms with E-state index in [4.69, 9.17) is 5.73 Å². The summed E-state index contributed by atoms with van der Waals surface area (Å²) in [6.07, 6.45) is 11.2. The fourth-order valence-electron chi connectivity index (χ4n) is 5.64. The summed E-state index contributed by atoms with van der Waals surface area (Å²) in [6.45, 7) is 5.05. The van der Waals surface area contributed by atoms with E-state index in [9.17, 15) is 14.4 Å². The number of aldehydes is 1. The van der Waals surface area contributed by atoms with E-state index in [0.717, 1.165) is 72.8 Å². The molecule has 1 aliphatic rings. The number of hydrogen-bond acceptors (Lipinski definition) is 7. The Bertz CT molecular complexity index is 1530. The van der Waals surface area contributed by atoms with Gasteiger partial charge in [-0.3, -0.25) is 14.9 Å². The summed E-state index contributed by atoms with van der Waals surface area (Å²) in [5.74, 6) is 0. The first-order chi connectivity index (χ1) is 21.9. The van der Waals surface area contributed by atoms with E-state index in [-0.39, 0.29) is 12.1 Å². The van der Waals surface area contributed by atoms with Gasteiger partial charge in [-0.05, 0) is 79.3 Å². The minimum absolute atomic E-state index is 0.0479. The molecule has 0 saturated heterocycles. The number of aromatic amines is 1. The molecule has 0 saturated carbocycles. The van der Waals surface area contributed by atoms with Gasteiger partial charge in [0.15, 0.2) is 0 Å². The molecule has 2 aromatic carbocycles. The molecule has 11 nitrogen and oxygen atoms in total. The van der Waals surface area contributed by atoms with Crippen LogP contribution in [0.2, 0.25) is 0 Å². The first-order valence-corrected chi connectivity index (χ1v) is 15.5. The van der Waals surface area contributed by atoms with E-state index in [1.165, 1.54) is 11.1 Å². The van der Waals surface area contributed by atoms with Crippen molar-refractivity contribution in [2.75, 3.05) is 25.5 Å². The average molecular weight is 613 g/mol. The Morgan fingerprint density at radius 2 is 1.91 bits per heavy atom. The Morgan fingerprint density at radius 3 is 2.67 bits per heavy atom. The standard InChI is InChI=1S/C19H23N5O.C15H21N3O2/c1-24(9-6-14-4-7-21-8-5-14)12-18-15(10-16(20)13-25)2-3-19-17(18)11-22-23-19;1-2-5-13(8-9-16-11-19)18-10-12-6-3-4-7-14(12)17-15(18)20/h2-5,7-8,11,13,16H,6,9-10,12,20H2,1H3,(H,22,23);3-4,6-7,11,13H,2,5,8-10H2,1H3,(H,16,19)(H,17,20). The molecule has 1 aliphatic heterocycles. The molecule has 238 valence electrons. The van der Waals surface area contributed by atoms with Crippen LogP contribution >= 0.6 is 0 Å². The number of H-pyrrole nitrogens is 1. The number of carbonyl (C=O) groups is 3. The lowest BCUT2D eigenvalue weighted by atomic mass is 9.97. The van der Waals surface area contributed by atoms with E-state index in [1.807, 2.05) is 72.0 Å². The molecule has 0 fully saturated rings. The highest BCUT2D eigenvalue weighted by atomic mass is 16.2. The number of aromatic nitrogens is 3. The summed E-state index contributed by atoms with van der Waals surface area (Å²) >= 11 is 0. The predicted molar refractivity (Wildman–Crippen MR) is 176 cm³/mol. The zero-order chi connectivity index (χ0) is 32.0. The highest BCUT2D eigenvalue weighted by Crippen LogP contribution is 2.26. The number of rotatable bonds is 15. The first kappa shape index (κ1) is 33.3. The topological polar surface area (TPSA) is 149 Å². The highest BCUT2D eigenvalue weighted by molar-refractivity contribution is 5.92. The second kappa shape index (κ2) is 17.0. The van der Waals surface area contributed by atoms with Crippen molar-refractivity contribution in [3.8, 4) is 0 Å². The van der Waals surface area contributed by atoms with E-state index >= 15 is 0 Å². The van der Waals surface area contributed by atoms with Crippen molar-refractivity contribution >= 4 is 35.3 Å². The number of fused-ring (bicyclic) bond motifs is 2. The minimum atomic E-state index is -0.481. The normalized spacial score (nSPS) is 13.8. The van der Waals surface area contributed by atoms with Gasteiger partial charge in [0.05, 0.1) is 17.8 Å². The van der Waals surface area contributed by atoms with Gasteiger partial charge in [-0.1, -0.05) is 37.6 Å². The molecule has 3 heterocycles. The van der Waals surface area contributed by atoms with Crippen molar-refractivity contribution in [2.45, 2.75) is 64.2 Å². The molecule has 5 rings (SSSR count). The van der Waals surface area contributed by atoms with E-state index in [2.05, 4.69) is 44.7 Å². The summed E-state index contributed by atoms with van der Waals surface area (Å²) in [6, 6.07) is 15.6. The summed E-state index contributed by atoms with van der Waals surface area (Å²) in [4.78, 5) is 41.7. The second-order valence-electron chi connectivity index (χ2n) is 11.4. The first-order valence-electron chi connectivity index (χ1n) is 15.5. The van der Waals surface area contributed by atoms with Crippen molar-refractivity contribution in [3.05, 3.63) is 89.4 Å².